The molecule has 0 saturated heterocycles. The van der Waals surface area contributed by atoms with Gasteiger partial charge in [-0.1, -0.05) is 0 Å². The van der Waals surface area contributed by atoms with Crippen LogP contribution >= 0.6 is 0 Å². The summed E-state index contributed by atoms with van der Waals surface area (Å²) in [6.45, 7) is 1.26. The average molecular weight is 427 g/mol. The monoisotopic (exact) mass is 427 g/mol. The van der Waals surface area contributed by atoms with E-state index in [0.29, 0.717) is 0 Å². The van der Waals surface area contributed by atoms with Crippen molar-refractivity contribution in [3.05, 3.63) is 11.8 Å². The number of guanidine groups is 1. The maximum absolute atomic E-state index is 12.2. The Bertz CT molecular complexity index is 717. The predicted octanol–water partition coefficient (Wildman–Crippen LogP) is -5.03. The number of likely N-dealkylation sites (N-methyl/N-ethyl adjacent to an activating group) is 1. The second-order valence-electron chi connectivity index (χ2n) is 5.74. The third-order valence-electron chi connectivity index (χ3n) is 3.13. The van der Waals surface area contributed by atoms with Crippen LogP contribution in [-0.4, -0.2) is 78.2 Å². The van der Waals surface area contributed by atoms with Gasteiger partial charge in [-0.15, -0.1) is 0 Å². The van der Waals surface area contributed by atoms with Crippen LogP contribution in [0.1, 0.15) is 6.92 Å². The number of carboxylic acid groups (broad SMARTS) is 2. The molecule has 0 aliphatic carbocycles. The quantitative estimate of drug-likeness (QED) is 0.215. The Hall–Kier alpha value is -3.52. The van der Waals surface area contributed by atoms with E-state index in [2.05, 4.69) is 10.3 Å². The third kappa shape index (κ3) is 8.35. The second-order valence-corrected chi connectivity index (χ2v) is 5.74. The standard InChI is InChI=1S/C12H19N5O5.C2HF3O2/c1-5(18)15-8-6(16-12(13)14)4-7(11(20)21)22-9(8)10(19)17(2)3;3-2(4,5)1(6)7/h4,6,8-9H,1-3H3,(H,15,18)(H,20,21)(H4,13,14,16);(H,6,7)/t6-,8+,9+;/m0./s1. The van der Waals surface area contributed by atoms with Crippen LogP contribution in [0.3, 0.4) is 0 Å². The first-order valence-corrected chi connectivity index (χ1v) is 7.60. The molecule has 0 aromatic heterocycles. The molecule has 164 valence electrons. The normalized spacial score (nSPS) is 20.6. The number of aliphatic carboxylic acids is 2. The molecule has 0 saturated carbocycles. The Labute approximate surface area is 162 Å². The number of carbonyl (C=O) groups is 4. The van der Waals surface area contributed by atoms with E-state index in [1.54, 1.807) is 0 Å². The minimum atomic E-state index is -5.19. The molecule has 1 aliphatic heterocycles. The summed E-state index contributed by atoms with van der Waals surface area (Å²) >= 11 is 0. The minimum Gasteiger partial charge on any atom is -0.542 e. The molecule has 0 bridgehead atoms. The maximum Gasteiger partial charge on any atom is 0.430 e. The van der Waals surface area contributed by atoms with Gasteiger partial charge < -0.3 is 30.0 Å². The largest absolute Gasteiger partial charge is 0.542 e. The summed E-state index contributed by atoms with van der Waals surface area (Å²) in [5.41, 5.74) is 10.8. The Balaban J connectivity index is 0.000000956. The van der Waals surface area contributed by atoms with Crippen LogP contribution < -0.4 is 26.9 Å². The van der Waals surface area contributed by atoms with Crippen molar-refractivity contribution in [3.63, 3.8) is 0 Å². The Morgan fingerprint density at radius 3 is 2.07 bits per heavy atom. The molecule has 0 fully saturated rings. The molecule has 0 spiro atoms. The molecule has 1 rings (SSSR count). The highest BCUT2D eigenvalue weighted by Crippen LogP contribution is 2.18. The van der Waals surface area contributed by atoms with Crippen molar-refractivity contribution in [2.75, 3.05) is 14.1 Å². The first-order valence-electron chi connectivity index (χ1n) is 7.60. The summed E-state index contributed by atoms with van der Waals surface area (Å²) in [7, 11) is 2.97. The number of hydrogen-bond donors (Lipinski definition) is 5. The molecule has 1 heterocycles. The van der Waals surface area contributed by atoms with Crippen LogP contribution in [0.5, 0.6) is 0 Å². The van der Waals surface area contributed by atoms with Gasteiger partial charge in [0.25, 0.3) is 5.91 Å². The molecule has 0 unspecified atom stereocenters. The van der Waals surface area contributed by atoms with Crippen molar-refractivity contribution in [1.82, 2.24) is 10.2 Å². The molecular formula is C14H20F3N5O7. The molecule has 12 nitrogen and oxygen atoms in total. The molecule has 29 heavy (non-hydrogen) atoms. The van der Waals surface area contributed by atoms with Gasteiger partial charge >= 0.3 is 18.1 Å². The van der Waals surface area contributed by atoms with E-state index in [1.165, 1.54) is 32.0 Å². The fourth-order valence-electron chi connectivity index (χ4n) is 2.01. The zero-order chi connectivity index (χ0) is 23.1. The second kappa shape index (κ2) is 10.1. The van der Waals surface area contributed by atoms with E-state index in [9.17, 15) is 27.6 Å². The lowest BCUT2D eigenvalue weighted by molar-refractivity contribution is -0.499. The van der Waals surface area contributed by atoms with Gasteiger partial charge in [-0.05, 0) is 0 Å². The number of nitrogens with zero attached hydrogens (tertiary/aromatic N) is 1. The third-order valence-corrected chi connectivity index (χ3v) is 3.13. The lowest BCUT2D eigenvalue weighted by atomic mass is 9.97. The Morgan fingerprint density at radius 2 is 1.76 bits per heavy atom. The smallest absolute Gasteiger partial charge is 0.430 e. The minimum absolute atomic E-state index is 0.181. The van der Waals surface area contributed by atoms with Crippen molar-refractivity contribution >= 4 is 29.7 Å². The summed E-state index contributed by atoms with van der Waals surface area (Å²) in [5.74, 6) is -5.89. The van der Waals surface area contributed by atoms with Crippen LogP contribution in [0.15, 0.2) is 11.8 Å². The van der Waals surface area contributed by atoms with Gasteiger partial charge in [0.1, 0.15) is 18.1 Å². The highest BCUT2D eigenvalue weighted by atomic mass is 19.4. The number of ether oxygens (including phenoxy) is 1. The highest BCUT2D eigenvalue weighted by Gasteiger charge is 2.43. The summed E-state index contributed by atoms with van der Waals surface area (Å²) < 4.78 is 36.8. The van der Waals surface area contributed by atoms with Gasteiger partial charge in [-0.2, -0.15) is 13.2 Å². The fourth-order valence-corrected chi connectivity index (χ4v) is 2.01. The number of carbonyl (C=O) groups excluding carboxylic acids is 3. The van der Waals surface area contributed by atoms with Crippen molar-refractivity contribution in [1.29, 1.82) is 0 Å². The lowest BCUT2D eigenvalue weighted by Gasteiger charge is -2.34. The van der Waals surface area contributed by atoms with Gasteiger partial charge in [0.2, 0.25) is 17.8 Å². The average Bonchev–Trinajstić information content (AvgIpc) is 2.53. The van der Waals surface area contributed by atoms with Gasteiger partial charge in [0.05, 0.1) is 0 Å². The number of halogens is 3. The van der Waals surface area contributed by atoms with E-state index < -0.39 is 53.9 Å². The topological polar surface area (TPSA) is 202 Å². The molecule has 2 amide bonds. The maximum atomic E-state index is 12.2. The lowest BCUT2D eigenvalue weighted by Crippen LogP contribution is -2.89. The zero-order valence-electron chi connectivity index (χ0n) is 15.4. The zero-order valence-corrected chi connectivity index (χ0v) is 15.4. The molecule has 0 radical (unpaired) electrons. The van der Waals surface area contributed by atoms with Gasteiger partial charge in [0, 0.05) is 27.1 Å². The first kappa shape index (κ1) is 25.5. The Kier molecular flexibility index (Phi) is 8.91. The SMILES string of the molecule is CC(=O)N[C@@H]1[C@@H]([NH+]=C(N)N)C=C(C(=O)O)O[C@H]1C(=O)N(C)C.O=C([O-])C(F)(F)F. The van der Waals surface area contributed by atoms with Crippen molar-refractivity contribution in [3.8, 4) is 0 Å². The fraction of sp³-hybridized carbons (Fsp3) is 0.500. The van der Waals surface area contributed by atoms with Gasteiger partial charge in [-0.3, -0.25) is 26.0 Å². The number of nitrogens with two attached hydrogens (primary N) is 2. The number of rotatable bonds is 4. The summed E-state index contributed by atoms with van der Waals surface area (Å²) in [4.78, 5) is 47.4. The number of alkyl halides is 3. The van der Waals surface area contributed by atoms with E-state index in [4.69, 9.17) is 31.2 Å². The van der Waals surface area contributed by atoms with Crippen LogP contribution in [-0.2, 0) is 23.9 Å². The van der Waals surface area contributed by atoms with Crippen molar-refractivity contribution in [2.45, 2.75) is 31.3 Å². The number of nitrogens with one attached hydrogen (secondary N) is 2. The van der Waals surface area contributed by atoms with Crippen LogP contribution in [0.2, 0.25) is 0 Å². The van der Waals surface area contributed by atoms with Gasteiger partial charge in [0.15, 0.2) is 0 Å². The van der Waals surface area contributed by atoms with Crippen LogP contribution in [0.4, 0.5) is 13.2 Å². The summed E-state index contributed by atoms with van der Waals surface area (Å²) in [6.07, 6.45) is -5.23. The van der Waals surface area contributed by atoms with Crippen molar-refractivity contribution < 1.29 is 52.3 Å². The Morgan fingerprint density at radius 1 is 1.28 bits per heavy atom. The van der Waals surface area contributed by atoms with E-state index >= 15 is 0 Å². The van der Waals surface area contributed by atoms with Crippen LogP contribution in [0, 0.1) is 0 Å². The van der Waals surface area contributed by atoms with Crippen LogP contribution in [0.25, 0.3) is 0 Å². The molecule has 15 heteroatoms. The molecule has 1 aliphatic rings. The molecule has 3 atom stereocenters. The van der Waals surface area contributed by atoms with E-state index in [0.717, 1.165) is 0 Å². The molecule has 7 N–H and O–H groups in total. The number of carboxylic acids is 2. The molecule has 0 aromatic carbocycles. The highest BCUT2D eigenvalue weighted by molar-refractivity contribution is 5.88. The first-order chi connectivity index (χ1) is 13.1. The van der Waals surface area contributed by atoms with Gasteiger partial charge in [-0.25, -0.2) is 4.79 Å². The molecular weight excluding hydrogens is 407 g/mol. The van der Waals surface area contributed by atoms with E-state index in [-0.39, 0.29) is 5.96 Å². The summed E-state index contributed by atoms with van der Waals surface area (Å²) in [6, 6.07) is -1.69. The predicted molar refractivity (Wildman–Crippen MR) is 86.1 cm³/mol. The van der Waals surface area contributed by atoms with E-state index in [1.807, 2.05) is 0 Å². The molecule has 0 aromatic rings. The number of hydrogen-bond acceptors (Lipinski definition) is 6. The van der Waals surface area contributed by atoms with Crippen molar-refractivity contribution in [2.24, 2.45) is 11.5 Å². The number of amides is 2. The summed E-state index contributed by atoms with van der Waals surface area (Å²) in [5, 5.41) is 20.4.